The Morgan fingerprint density at radius 3 is 2.59 bits per heavy atom. The van der Waals surface area contributed by atoms with E-state index in [-0.39, 0.29) is 35.7 Å². The van der Waals surface area contributed by atoms with Gasteiger partial charge in [-0.15, -0.1) is 11.3 Å². The molecule has 0 saturated heterocycles. The number of halogens is 1. The summed E-state index contributed by atoms with van der Waals surface area (Å²) >= 11 is 7.23. The maximum Gasteiger partial charge on any atom is 0.282 e. The molecule has 4 rings (SSSR count). The molecule has 0 bridgehead atoms. The van der Waals surface area contributed by atoms with Crippen LogP contribution in [-0.2, 0) is 4.79 Å². The van der Waals surface area contributed by atoms with Crippen LogP contribution in [0.1, 0.15) is 46.4 Å². The first-order valence-electron chi connectivity index (χ1n) is 10.5. The molecule has 174 valence electrons. The number of hydrogen-bond donors (Lipinski definition) is 1. The van der Waals surface area contributed by atoms with Crippen LogP contribution in [0.5, 0.6) is 0 Å². The van der Waals surface area contributed by atoms with Crippen molar-refractivity contribution >= 4 is 51.5 Å². The number of anilines is 1. The highest BCUT2D eigenvalue weighted by atomic mass is 35.5. The molecular weight excluding hydrogens is 480 g/mol. The number of nitrogens with one attached hydrogen (secondary N) is 1. The highest BCUT2D eigenvalue weighted by Crippen LogP contribution is 2.31. The SMILES string of the molecule is O=C(CCCCCN1C(=O)c2cccc([N+](=O)[O-])c2C1=O)Nc1nc(-c2ccc(Cl)cc2)cs1. The Morgan fingerprint density at radius 1 is 1.09 bits per heavy atom. The molecule has 9 nitrogen and oxygen atoms in total. The number of unbranched alkanes of at least 4 members (excludes halogenated alkanes) is 2. The van der Waals surface area contributed by atoms with E-state index in [1.807, 2.05) is 17.5 Å². The second-order valence-electron chi connectivity index (χ2n) is 7.62. The zero-order valence-electron chi connectivity index (χ0n) is 17.8. The van der Waals surface area contributed by atoms with Gasteiger partial charge in [-0.2, -0.15) is 0 Å². The molecule has 0 spiro atoms. The van der Waals surface area contributed by atoms with Crippen molar-refractivity contribution in [2.45, 2.75) is 25.7 Å². The topological polar surface area (TPSA) is 123 Å². The number of benzene rings is 2. The molecule has 1 aliphatic rings. The summed E-state index contributed by atoms with van der Waals surface area (Å²) in [5.41, 5.74) is 1.19. The van der Waals surface area contributed by atoms with E-state index in [4.69, 9.17) is 11.6 Å². The van der Waals surface area contributed by atoms with Crippen molar-refractivity contribution in [2.24, 2.45) is 0 Å². The Hall–Kier alpha value is -3.63. The largest absolute Gasteiger partial charge is 0.302 e. The van der Waals surface area contributed by atoms with Gasteiger partial charge in [-0.25, -0.2) is 4.98 Å². The maximum atomic E-state index is 12.6. The zero-order chi connectivity index (χ0) is 24.2. The fraction of sp³-hybridized carbons (Fsp3) is 0.217. The van der Waals surface area contributed by atoms with Gasteiger partial charge in [0.2, 0.25) is 5.91 Å². The second-order valence-corrected chi connectivity index (χ2v) is 8.92. The van der Waals surface area contributed by atoms with Crippen LogP contribution in [0.3, 0.4) is 0 Å². The molecule has 1 aromatic heterocycles. The third kappa shape index (κ3) is 4.97. The second kappa shape index (κ2) is 10.1. The molecule has 0 saturated carbocycles. The van der Waals surface area contributed by atoms with Crippen LogP contribution in [0.25, 0.3) is 11.3 Å². The predicted octanol–water partition coefficient (Wildman–Crippen LogP) is 5.17. The van der Waals surface area contributed by atoms with Crippen molar-refractivity contribution < 1.29 is 19.3 Å². The van der Waals surface area contributed by atoms with Gasteiger partial charge in [0.05, 0.1) is 16.2 Å². The number of imide groups is 1. The van der Waals surface area contributed by atoms with Crippen LogP contribution in [0, 0.1) is 10.1 Å². The predicted molar refractivity (Wildman–Crippen MR) is 128 cm³/mol. The van der Waals surface area contributed by atoms with Gasteiger partial charge in [0.25, 0.3) is 17.5 Å². The van der Waals surface area contributed by atoms with Crippen molar-refractivity contribution in [1.82, 2.24) is 9.88 Å². The molecule has 1 aliphatic heterocycles. The Labute approximate surface area is 203 Å². The lowest BCUT2D eigenvalue weighted by Crippen LogP contribution is -2.30. The van der Waals surface area contributed by atoms with E-state index in [0.29, 0.717) is 29.4 Å². The molecular formula is C23H19ClN4O5S. The monoisotopic (exact) mass is 498 g/mol. The van der Waals surface area contributed by atoms with E-state index < -0.39 is 16.7 Å². The summed E-state index contributed by atoms with van der Waals surface area (Å²) in [6, 6.07) is 11.3. The molecule has 0 aliphatic carbocycles. The van der Waals surface area contributed by atoms with Gasteiger partial charge < -0.3 is 5.32 Å². The number of rotatable bonds is 9. The first-order valence-corrected chi connectivity index (χ1v) is 11.8. The molecule has 0 radical (unpaired) electrons. The Morgan fingerprint density at radius 2 is 1.85 bits per heavy atom. The Bertz CT molecular complexity index is 1270. The number of aromatic nitrogens is 1. The molecule has 0 unspecified atom stereocenters. The smallest absolute Gasteiger partial charge is 0.282 e. The number of carbonyl (C=O) groups excluding carboxylic acids is 3. The van der Waals surface area contributed by atoms with E-state index >= 15 is 0 Å². The van der Waals surface area contributed by atoms with Gasteiger partial charge in [0.1, 0.15) is 5.56 Å². The lowest BCUT2D eigenvalue weighted by molar-refractivity contribution is -0.385. The van der Waals surface area contributed by atoms with Gasteiger partial charge in [-0.1, -0.05) is 36.2 Å². The van der Waals surface area contributed by atoms with E-state index in [2.05, 4.69) is 10.3 Å². The quantitative estimate of drug-likeness (QED) is 0.188. The number of fused-ring (bicyclic) bond motifs is 1. The van der Waals surface area contributed by atoms with E-state index in [1.54, 1.807) is 12.1 Å². The summed E-state index contributed by atoms with van der Waals surface area (Å²) < 4.78 is 0. The average molecular weight is 499 g/mol. The van der Waals surface area contributed by atoms with E-state index in [1.165, 1.54) is 29.5 Å². The molecule has 3 aromatic rings. The first-order chi connectivity index (χ1) is 16.3. The Balaban J connectivity index is 1.22. The first kappa shape index (κ1) is 23.5. The van der Waals surface area contributed by atoms with Crippen LogP contribution in [0.15, 0.2) is 47.8 Å². The summed E-state index contributed by atoms with van der Waals surface area (Å²) in [5, 5.41) is 16.9. The third-order valence-electron chi connectivity index (χ3n) is 5.35. The van der Waals surface area contributed by atoms with Crippen LogP contribution in [-0.4, -0.2) is 39.1 Å². The molecule has 11 heteroatoms. The van der Waals surface area contributed by atoms with Crippen molar-refractivity contribution in [1.29, 1.82) is 0 Å². The van der Waals surface area contributed by atoms with Crippen molar-refractivity contribution in [3.63, 3.8) is 0 Å². The van der Waals surface area contributed by atoms with Crippen LogP contribution in [0.4, 0.5) is 10.8 Å². The standard InChI is InChI=1S/C23H19ClN4O5S/c24-15-10-8-14(9-11-15)17-13-34-23(25-17)26-19(29)7-2-1-3-12-27-21(30)16-5-4-6-18(28(32)33)20(16)22(27)31/h4-6,8-11,13H,1-3,7,12H2,(H,25,26,29). The fourth-order valence-corrected chi connectivity index (χ4v) is 4.53. The number of thiazole rings is 1. The lowest BCUT2D eigenvalue weighted by atomic mass is 10.1. The number of nitro groups is 1. The number of nitrogens with zero attached hydrogens (tertiary/aromatic N) is 3. The molecule has 1 N–H and O–H groups in total. The van der Waals surface area contributed by atoms with Crippen LogP contribution in [0.2, 0.25) is 5.02 Å². The third-order valence-corrected chi connectivity index (χ3v) is 6.36. The minimum absolute atomic E-state index is 0.0556. The van der Waals surface area contributed by atoms with Crippen LogP contribution >= 0.6 is 22.9 Å². The molecule has 0 atom stereocenters. The number of hydrogen-bond acceptors (Lipinski definition) is 7. The molecule has 3 amide bonds. The van der Waals surface area contributed by atoms with Gasteiger partial charge in [-0.05, 0) is 31.0 Å². The maximum absolute atomic E-state index is 12.6. The zero-order valence-corrected chi connectivity index (χ0v) is 19.4. The number of amides is 3. The van der Waals surface area contributed by atoms with Gasteiger partial charge in [-0.3, -0.25) is 29.4 Å². The van der Waals surface area contributed by atoms with Gasteiger partial charge in [0, 0.05) is 35.0 Å². The van der Waals surface area contributed by atoms with Gasteiger partial charge in [0.15, 0.2) is 5.13 Å². The molecule has 34 heavy (non-hydrogen) atoms. The highest BCUT2D eigenvalue weighted by molar-refractivity contribution is 7.14. The van der Waals surface area contributed by atoms with E-state index in [9.17, 15) is 24.5 Å². The summed E-state index contributed by atoms with van der Waals surface area (Å²) in [6.07, 6.45) is 1.93. The summed E-state index contributed by atoms with van der Waals surface area (Å²) in [4.78, 5) is 53.2. The normalized spacial score (nSPS) is 12.7. The molecule has 2 aromatic carbocycles. The van der Waals surface area contributed by atoms with Crippen molar-refractivity contribution in [3.05, 3.63) is 74.1 Å². The summed E-state index contributed by atoms with van der Waals surface area (Å²) in [5.74, 6) is -1.35. The highest BCUT2D eigenvalue weighted by Gasteiger charge is 2.40. The average Bonchev–Trinajstić information content (AvgIpc) is 3.37. The summed E-state index contributed by atoms with van der Waals surface area (Å²) in [6.45, 7) is 0.141. The fourth-order valence-electron chi connectivity index (χ4n) is 3.67. The van der Waals surface area contributed by atoms with Crippen LogP contribution < -0.4 is 5.32 Å². The number of nitro benzene ring substituents is 1. The van der Waals surface area contributed by atoms with Gasteiger partial charge >= 0.3 is 0 Å². The minimum atomic E-state index is -0.660. The number of carbonyl (C=O) groups is 3. The van der Waals surface area contributed by atoms with E-state index in [0.717, 1.165) is 16.2 Å². The lowest BCUT2D eigenvalue weighted by Gasteiger charge is -2.13. The van der Waals surface area contributed by atoms with Crippen molar-refractivity contribution in [3.8, 4) is 11.3 Å². The summed E-state index contributed by atoms with van der Waals surface area (Å²) in [7, 11) is 0. The molecule has 0 fully saturated rings. The van der Waals surface area contributed by atoms with Crippen molar-refractivity contribution in [2.75, 3.05) is 11.9 Å². The molecule has 2 heterocycles. The minimum Gasteiger partial charge on any atom is -0.302 e. The Kier molecular flexibility index (Phi) is 6.99.